The van der Waals surface area contributed by atoms with E-state index in [1.165, 1.54) is 16.4 Å². The molecule has 0 unspecified atom stereocenters. The molecule has 0 spiro atoms. The van der Waals surface area contributed by atoms with Gasteiger partial charge in [0.05, 0.1) is 17.4 Å². The van der Waals surface area contributed by atoms with Gasteiger partial charge in [0.1, 0.15) is 5.82 Å². The molecule has 1 aliphatic carbocycles. The Morgan fingerprint density at radius 2 is 1.67 bits per heavy atom. The fraction of sp³-hybridized carbons (Fsp3) is 0.435. The molecule has 0 atom stereocenters. The molecule has 3 rings (SSSR count). The van der Waals surface area contributed by atoms with Crippen molar-refractivity contribution in [3.05, 3.63) is 66.0 Å². The van der Waals surface area contributed by atoms with Crippen LogP contribution in [0.1, 0.15) is 38.2 Å². The summed E-state index contributed by atoms with van der Waals surface area (Å²) in [4.78, 5) is 12.1. The molecule has 2 aromatic rings. The van der Waals surface area contributed by atoms with Gasteiger partial charge < -0.3 is 4.74 Å². The number of halogens is 1. The molecule has 0 bridgehead atoms. The maximum Gasteiger partial charge on any atom is 0.308 e. The normalized spacial score (nSPS) is 19.6. The van der Waals surface area contributed by atoms with Crippen LogP contribution in [0.4, 0.5) is 4.39 Å². The molecule has 1 aliphatic rings. The Kier molecular flexibility index (Phi) is 7.61. The van der Waals surface area contributed by atoms with Crippen molar-refractivity contribution in [2.24, 2.45) is 11.8 Å². The fourth-order valence-electron chi connectivity index (χ4n) is 3.92. The second kappa shape index (κ2) is 10.2. The van der Waals surface area contributed by atoms with E-state index >= 15 is 0 Å². The summed E-state index contributed by atoms with van der Waals surface area (Å²) >= 11 is 0. The molecule has 7 heteroatoms. The summed E-state index contributed by atoms with van der Waals surface area (Å²) in [7, 11) is -3.78. The molecule has 0 N–H and O–H groups in total. The second-order valence-corrected chi connectivity index (χ2v) is 9.64. The maximum absolute atomic E-state index is 13.3. The van der Waals surface area contributed by atoms with Crippen LogP contribution in [0.15, 0.2) is 59.5 Å². The number of hydrogen-bond donors (Lipinski definition) is 0. The first-order chi connectivity index (χ1) is 14.4. The van der Waals surface area contributed by atoms with E-state index in [4.69, 9.17) is 4.74 Å². The van der Waals surface area contributed by atoms with Gasteiger partial charge in [0.15, 0.2) is 0 Å². The molecule has 0 saturated heterocycles. The van der Waals surface area contributed by atoms with Crippen molar-refractivity contribution in [2.75, 3.05) is 13.2 Å². The highest BCUT2D eigenvalue weighted by molar-refractivity contribution is 7.89. The van der Waals surface area contributed by atoms with E-state index in [1.54, 1.807) is 6.92 Å². The lowest BCUT2D eigenvalue weighted by Gasteiger charge is -2.31. The predicted molar refractivity (Wildman–Crippen MR) is 113 cm³/mol. The number of rotatable bonds is 8. The first kappa shape index (κ1) is 22.4. The average Bonchev–Trinajstić information content (AvgIpc) is 2.75. The zero-order chi connectivity index (χ0) is 21.6. The van der Waals surface area contributed by atoms with Crippen molar-refractivity contribution >= 4 is 16.0 Å². The Hall–Kier alpha value is -2.25. The Morgan fingerprint density at radius 1 is 1.03 bits per heavy atom. The van der Waals surface area contributed by atoms with E-state index in [-0.39, 0.29) is 29.2 Å². The van der Waals surface area contributed by atoms with E-state index < -0.39 is 15.8 Å². The quantitative estimate of drug-likeness (QED) is 0.580. The van der Waals surface area contributed by atoms with Gasteiger partial charge in [-0.25, -0.2) is 12.8 Å². The number of nitrogens with zero attached hydrogens (tertiary/aromatic N) is 1. The van der Waals surface area contributed by atoms with Crippen molar-refractivity contribution in [2.45, 2.75) is 44.0 Å². The molecule has 2 aromatic carbocycles. The molecular weight excluding hydrogens is 405 g/mol. The Morgan fingerprint density at radius 3 is 2.27 bits per heavy atom. The predicted octanol–water partition coefficient (Wildman–Crippen LogP) is 4.39. The lowest BCUT2D eigenvalue weighted by molar-refractivity contribution is -0.149. The number of benzene rings is 2. The first-order valence-corrected chi connectivity index (χ1v) is 11.8. The van der Waals surface area contributed by atoms with E-state index in [2.05, 4.69) is 0 Å². The SMILES string of the molecule is CCOC(=O)C1CCC(CN(Cc2ccccc2)S(=O)(=O)c2ccc(F)cc2)CC1. The monoisotopic (exact) mass is 433 g/mol. The van der Waals surface area contributed by atoms with Gasteiger partial charge in [-0.15, -0.1) is 0 Å². The van der Waals surface area contributed by atoms with Gasteiger partial charge >= 0.3 is 5.97 Å². The average molecular weight is 434 g/mol. The molecule has 5 nitrogen and oxygen atoms in total. The van der Waals surface area contributed by atoms with E-state index in [0.717, 1.165) is 30.5 Å². The fourth-order valence-corrected chi connectivity index (χ4v) is 5.42. The van der Waals surface area contributed by atoms with Crippen LogP contribution >= 0.6 is 0 Å². The van der Waals surface area contributed by atoms with Crippen molar-refractivity contribution in [1.29, 1.82) is 0 Å². The lowest BCUT2D eigenvalue weighted by atomic mass is 9.82. The van der Waals surface area contributed by atoms with Crippen molar-refractivity contribution in [3.63, 3.8) is 0 Å². The van der Waals surface area contributed by atoms with Crippen LogP contribution < -0.4 is 0 Å². The summed E-state index contributed by atoms with van der Waals surface area (Å²) in [5.74, 6) is -0.566. The molecule has 1 saturated carbocycles. The van der Waals surface area contributed by atoms with Crippen LogP contribution in [0, 0.1) is 17.7 Å². The summed E-state index contributed by atoms with van der Waals surface area (Å²) in [6.45, 7) is 2.79. The van der Waals surface area contributed by atoms with Crippen molar-refractivity contribution in [1.82, 2.24) is 4.31 Å². The minimum absolute atomic E-state index is 0.0834. The summed E-state index contributed by atoms with van der Waals surface area (Å²) in [6, 6.07) is 14.4. The summed E-state index contributed by atoms with van der Waals surface area (Å²) in [6.07, 6.45) is 2.96. The third kappa shape index (κ3) is 5.67. The molecule has 0 aliphatic heterocycles. The Balaban J connectivity index is 1.75. The van der Waals surface area contributed by atoms with Gasteiger partial charge in [0, 0.05) is 13.1 Å². The molecule has 0 amide bonds. The van der Waals surface area contributed by atoms with Gasteiger partial charge in [-0.3, -0.25) is 4.79 Å². The summed E-state index contributed by atoms with van der Waals surface area (Å²) < 4.78 is 46.5. The largest absolute Gasteiger partial charge is 0.466 e. The molecule has 162 valence electrons. The lowest BCUT2D eigenvalue weighted by Crippen LogP contribution is -2.37. The molecule has 1 fully saturated rings. The van der Waals surface area contributed by atoms with E-state index in [9.17, 15) is 17.6 Å². The molecule has 30 heavy (non-hydrogen) atoms. The topological polar surface area (TPSA) is 63.7 Å². The molecular formula is C23H28FNO4S. The van der Waals surface area contributed by atoms with Gasteiger partial charge in [0.25, 0.3) is 0 Å². The molecule has 0 heterocycles. The number of hydrogen-bond acceptors (Lipinski definition) is 4. The zero-order valence-corrected chi connectivity index (χ0v) is 18.0. The summed E-state index contributed by atoms with van der Waals surface area (Å²) in [5.41, 5.74) is 0.892. The second-order valence-electron chi connectivity index (χ2n) is 7.71. The van der Waals surface area contributed by atoms with E-state index in [1.807, 2.05) is 30.3 Å². The van der Waals surface area contributed by atoms with Gasteiger partial charge in [-0.2, -0.15) is 4.31 Å². The van der Waals surface area contributed by atoms with Gasteiger partial charge in [-0.05, 0) is 68.4 Å². The minimum atomic E-state index is -3.78. The van der Waals surface area contributed by atoms with Crippen LogP contribution in [0.3, 0.4) is 0 Å². The van der Waals surface area contributed by atoms with E-state index in [0.29, 0.717) is 26.0 Å². The van der Waals surface area contributed by atoms with Crippen LogP contribution in [0.5, 0.6) is 0 Å². The maximum atomic E-state index is 13.3. The number of carbonyl (C=O) groups is 1. The minimum Gasteiger partial charge on any atom is -0.466 e. The highest BCUT2D eigenvalue weighted by Gasteiger charge is 2.32. The third-order valence-corrected chi connectivity index (χ3v) is 7.41. The van der Waals surface area contributed by atoms with Crippen LogP contribution in [-0.4, -0.2) is 31.8 Å². The molecule has 0 aromatic heterocycles. The third-order valence-electron chi connectivity index (χ3n) is 5.58. The standard InChI is InChI=1S/C23H28FNO4S/c1-2-29-23(26)20-10-8-19(9-11-20)17-25(16-18-6-4-3-5-7-18)30(27,28)22-14-12-21(24)13-15-22/h3-7,12-15,19-20H,2,8-11,16-17H2,1H3. The van der Waals surface area contributed by atoms with Crippen LogP contribution in [0.2, 0.25) is 0 Å². The van der Waals surface area contributed by atoms with Gasteiger partial charge in [-0.1, -0.05) is 30.3 Å². The first-order valence-electron chi connectivity index (χ1n) is 10.4. The number of sulfonamides is 1. The highest BCUT2D eigenvalue weighted by Crippen LogP contribution is 2.32. The van der Waals surface area contributed by atoms with Crippen molar-refractivity contribution in [3.8, 4) is 0 Å². The van der Waals surface area contributed by atoms with Crippen molar-refractivity contribution < 1.29 is 22.3 Å². The number of carbonyl (C=O) groups excluding carboxylic acids is 1. The highest BCUT2D eigenvalue weighted by atomic mass is 32.2. The summed E-state index contributed by atoms with van der Waals surface area (Å²) in [5, 5.41) is 0. The van der Waals surface area contributed by atoms with Crippen LogP contribution in [-0.2, 0) is 26.1 Å². The van der Waals surface area contributed by atoms with Gasteiger partial charge in [0.2, 0.25) is 10.0 Å². The Labute approximate surface area is 177 Å². The molecule has 0 radical (unpaired) electrons. The smallest absolute Gasteiger partial charge is 0.308 e. The zero-order valence-electron chi connectivity index (χ0n) is 17.2. The van der Waals surface area contributed by atoms with Crippen LogP contribution in [0.25, 0.3) is 0 Å². The number of esters is 1. The number of ether oxygens (including phenoxy) is 1. The Bertz CT molecular complexity index is 923.